The Kier molecular flexibility index (Phi) is 3.88. The van der Waals surface area contributed by atoms with Crippen molar-refractivity contribution in [3.63, 3.8) is 0 Å². The van der Waals surface area contributed by atoms with Crippen LogP contribution < -0.4 is 5.73 Å². The molecule has 0 radical (unpaired) electrons. The van der Waals surface area contributed by atoms with Crippen molar-refractivity contribution in [2.75, 3.05) is 6.61 Å². The molecule has 0 fully saturated rings. The van der Waals surface area contributed by atoms with Crippen LogP contribution in [0.1, 0.15) is 23.6 Å². The van der Waals surface area contributed by atoms with Crippen LogP contribution in [0.5, 0.6) is 0 Å². The normalized spacial score (nSPS) is 13.9. The Morgan fingerprint density at radius 1 is 1.31 bits per heavy atom. The van der Waals surface area contributed by atoms with Crippen LogP contribution in [0.2, 0.25) is 0 Å². The predicted octanol–water partition coefficient (Wildman–Crippen LogP) is 2.23. The highest BCUT2D eigenvalue weighted by atomic mass is 19.4. The second-order valence-corrected chi connectivity index (χ2v) is 3.32. The molecule has 6 heteroatoms. The van der Waals surface area contributed by atoms with E-state index in [2.05, 4.69) is 0 Å². The maximum Gasteiger partial charge on any atom is 0.419 e. The molecule has 1 aromatic carbocycles. The molecular weight excluding hydrogens is 226 g/mol. The van der Waals surface area contributed by atoms with Gasteiger partial charge in [-0.2, -0.15) is 13.2 Å². The lowest BCUT2D eigenvalue weighted by Gasteiger charge is -2.18. The van der Waals surface area contributed by atoms with Crippen molar-refractivity contribution in [1.82, 2.24) is 0 Å². The van der Waals surface area contributed by atoms with E-state index in [-0.39, 0.29) is 18.6 Å². The van der Waals surface area contributed by atoms with E-state index in [0.29, 0.717) is 0 Å². The minimum absolute atomic E-state index is 0.0491. The van der Waals surface area contributed by atoms with Crippen LogP contribution in [0.25, 0.3) is 0 Å². The van der Waals surface area contributed by atoms with Gasteiger partial charge in [0, 0.05) is 12.6 Å². The molecule has 1 atom stereocenters. The number of aliphatic hydroxyl groups excluding tert-OH is 1. The number of halogens is 4. The molecule has 16 heavy (non-hydrogen) atoms. The fourth-order valence-electron chi connectivity index (χ4n) is 1.44. The second-order valence-electron chi connectivity index (χ2n) is 3.32. The number of aliphatic hydroxyl groups is 1. The van der Waals surface area contributed by atoms with Gasteiger partial charge < -0.3 is 10.8 Å². The number of benzene rings is 1. The molecule has 0 aliphatic heterocycles. The molecule has 0 saturated heterocycles. The fourth-order valence-corrected chi connectivity index (χ4v) is 1.44. The van der Waals surface area contributed by atoms with E-state index in [1.165, 1.54) is 0 Å². The van der Waals surface area contributed by atoms with Gasteiger partial charge in [0.1, 0.15) is 5.82 Å². The maximum atomic E-state index is 13.1. The summed E-state index contributed by atoms with van der Waals surface area (Å²) in [7, 11) is 0. The SMILES string of the molecule is N[C@H](CCO)c1cccc(F)c1C(F)(F)F. The van der Waals surface area contributed by atoms with Gasteiger partial charge in [-0.05, 0) is 18.1 Å². The molecule has 90 valence electrons. The van der Waals surface area contributed by atoms with Crippen molar-refractivity contribution in [2.45, 2.75) is 18.6 Å². The number of alkyl halides is 3. The van der Waals surface area contributed by atoms with Crippen molar-refractivity contribution >= 4 is 0 Å². The lowest BCUT2D eigenvalue weighted by atomic mass is 9.98. The molecule has 0 aromatic heterocycles. The average Bonchev–Trinajstić information content (AvgIpc) is 2.15. The van der Waals surface area contributed by atoms with Crippen LogP contribution in [0.4, 0.5) is 17.6 Å². The molecule has 0 aliphatic rings. The van der Waals surface area contributed by atoms with Gasteiger partial charge in [-0.25, -0.2) is 4.39 Å². The van der Waals surface area contributed by atoms with E-state index in [1.54, 1.807) is 0 Å². The summed E-state index contributed by atoms with van der Waals surface area (Å²) >= 11 is 0. The summed E-state index contributed by atoms with van der Waals surface area (Å²) in [4.78, 5) is 0. The third-order valence-corrected chi connectivity index (χ3v) is 2.17. The molecule has 1 rings (SSSR count). The van der Waals surface area contributed by atoms with Crippen LogP contribution in [0, 0.1) is 5.82 Å². The Morgan fingerprint density at radius 3 is 2.44 bits per heavy atom. The van der Waals surface area contributed by atoms with E-state index in [9.17, 15) is 17.6 Å². The summed E-state index contributed by atoms with van der Waals surface area (Å²) in [6, 6.07) is 1.98. The Labute approximate surface area is 89.7 Å². The summed E-state index contributed by atoms with van der Waals surface area (Å²) in [5.41, 5.74) is 3.76. The minimum atomic E-state index is -4.78. The first kappa shape index (κ1) is 12.9. The summed E-state index contributed by atoms with van der Waals surface area (Å²) in [6.45, 7) is -0.352. The lowest BCUT2D eigenvalue weighted by Crippen LogP contribution is -2.20. The summed E-state index contributed by atoms with van der Waals surface area (Å²) in [5.74, 6) is -1.35. The zero-order chi connectivity index (χ0) is 12.3. The molecule has 0 saturated carbocycles. The highest BCUT2D eigenvalue weighted by Gasteiger charge is 2.37. The first-order valence-corrected chi connectivity index (χ1v) is 4.60. The van der Waals surface area contributed by atoms with Gasteiger partial charge in [-0.1, -0.05) is 12.1 Å². The Bertz CT molecular complexity index is 364. The third kappa shape index (κ3) is 2.70. The van der Waals surface area contributed by atoms with E-state index >= 15 is 0 Å². The van der Waals surface area contributed by atoms with Crippen molar-refractivity contribution < 1.29 is 22.7 Å². The van der Waals surface area contributed by atoms with Gasteiger partial charge in [0.05, 0.1) is 5.56 Å². The topological polar surface area (TPSA) is 46.2 Å². The van der Waals surface area contributed by atoms with Crippen LogP contribution in [0.3, 0.4) is 0 Å². The lowest BCUT2D eigenvalue weighted by molar-refractivity contribution is -0.140. The van der Waals surface area contributed by atoms with E-state index < -0.39 is 23.6 Å². The molecule has 0 unspecified atom stereocenters. The predicted molar refractivity (Wildman–Crippen MR) is 50.0 cm³/mol. The fraction of sp³-hybridized carbons (Fsp3) is 0.400. The summed E-state index contributed by atoms with van der Waals surface area (Å²) in [6.07, 6.45) is -4.83. The zero-order valence-corrected chi connectivity index (χ0v) is 8.26. The van der Waals surface area contributed by atoms with Gasteiger partial charge in [0.25, 0.3) is 0 Å². The first-order valence-electron chi connectivity index (χ1n) is 4.60. The monoisotopic (exact) mass is 237 g/mol. The number of nitrogens with two attached hydrogens (primary N) is 1. The zero-order valence-electron chi connectivity index (χ0n) is 8.26. The maximum absolute atomic E-state index is 13.1. The number of hydrogen-bond donors (Lipinski definition) is 2. The van der Waals surface area contributed by atoms with Crippen LogP contribution in [0.15, 0.2) is 18.2 Å². The summed E-state index contributed by atoms with van der Waals surface area (Å²) in [5, 5.41) is 8.61. The Balaban J connectivity index is 3.23. The molecule has 3 N–H and O–H groups in total. The van der Waals surface area contributed by atoms with Gasteiger partial charge >= 0.3 is 6.18 Å². The minimum Gasteiger partial charge on any atom is -0.396 e. The van der Waals surface area contributed by atoms with Gasteiger partial charge in [0.2, 0.25) is 0 Å². The quantitative estimate of drug-likeness (QED) is 0.792. The summed E-state index contributed by atoms with van der Waals surface area (Å²) < 4.78 is 50.8. The molecular formula is C10H11F4NO. The van der Waals surface area contributed by atoms with Crippen LogP contribution in [-0.4, -0.2) is 11.7 Å². The van der Waals surface area contributed by atoms with Gasteiger partial charge in [0.15, 0.2) is 0 Å². The van der Waals surface area contributed by atoms with E-state index in [4.69, 9.17) is 10.8 Å². The van der Waals surface area contributed by atoms with Crippen molar-refractivity contribution in [3.05, 3.63) is 35.1 Å². The second kappa shape index (κ2) is 4.80. The Morgan fingerprint density at radius 2 is 1.94 bits per heavy atom. The van der Waals surface area contributed by atoms with Crippen molar-refractivity contribution in [2.24, 2.45) is 5.73 Å². The van der Waals surface area contributed by atoms with Crippen LogP contribution in [-0.2, 0) is 6.18 Å². The van der Waals surface area contributed by atoms with E-state index in [0.717, 1.165) is 18.2 Å². The van der Waals surface area contributed by atoms with E-state index in [1.807, 2.05) is 0 Å². The van der Waals surface area contributed by atoms with Gasteiger partial charge in [-0.3, -0.25) is 0 Å². The molecule has 0 spiro atoms. The molecule has 0 bridgehead atoms. The van der Waals surface area contributed by atoms with Crippen molar-refractivity contribution in [1.29, 1.82) is 0 Å². The standard InChI is InChI=1S/C10H11F4NO/c11-7-3-1-2-6(8(15)4-5-16)9(7)10(12,13)14/h1-3,8,16H,4-5,15H2/t8-/m1/s1. The highest BCUT2D eigenvalue weighted by molar-refractivity contribution is 5.33. The molecule has 2 nitrogen and oxygen atoms in total. The number of rotatable bonds is 3. The van der Waals surface area contributed by atoms with Gasteiger partial charge in [-0.15, -0.1) is 0 Å². The van der Waals surface area contributed by atoms with Crippen molar-refractivity contribution in [3.8, 4) is 0 Å². The average molecular weight is 237 g/mol. The third-order valence-electron chi connectivity index (χ3n) is 2.17. The highest BCUT2D eigenvalue weighted by Crippen LogP contribution is 2.36. The van der Waals surface area contributed by atoms with Crippen LogP contribution >= 0.6 is 0 Å². The smallest absolute Gasteiger partial charge is 0.396 e. The molecule has 0 aliphatic carbocycles. The largest absolute Gasteiger partial charge is 0.419 e. The Hall–Kier alpha value is -1.14. The molecule has 0 amide bonds. The number of hydrogen-bond acceptors (Lipinski definition) is 2. The molecule has 0 heterocycles. The first-order chi connectivity index (χ1) is 7.38. The molecule has 1 aromatic rings.